The quantitative estimate of drug-likeness (QED) is 0.876. The van der Waals surface area contributed by atoms with Crippen molar-refractivity contribution < 1.29 is 8.42 Å². The summed E-state index contributed by atoms with van der Waals surface area (Å²) in [5.74, 6) is 0. The van der Waals surface area contributed by atoms with E-state index in [1.54, 1.807) is 12.1 Å². The molecule has 2 aromatic carbocycles. The second-order valence-corrected chi connectivity index (χ2v) is 7.09. The Morgan fingerprint density at radius 1 is 1.10 bits per heavy atom. The second kappa shape index (κ2) is 6.26. The van der Waals surface area contributed by atoms with Gasteiger partial charge in [0.15, 0.2) is 0 Å². The third-order valence-corrected chi connectivity index (χ3v) is 5.45. The van der Waals surface area contributed by atoms with Gasteiger partial charge in [0.25, 0.3) is 10.0 Å². The van der Waals surface area contributed by atoms with Gasteiger partial charge < -0.3 is 0 Å². The smallest absolute Gasteiger partial charge is 0.264 e. The van der Waals surface area contributed by atoms with Crippen molar-refractivity contribution in [1.29, 1.82) is 0 Å². The SMILES string of the molecule is CCc1ccc(NS(=O)(=O)c2c(Cl)cccc2Cl)c(C)c1. The van der Waals surface area contributed by atoms with E-state index in [2.05, 4.69) is 4.72 Å². The summed E-state index contributed by atoms with van der Waals surface area (Å²) in [6, 6.07) is 10.2. The summed E-state index contributed by atoms with van der Waals surface area (Å²) in [6.07, 6.45) is 0.893. The Bertz CT molecular complexity index is 753. The largest absolute Gasteiger partial charge is 0.279 e. The van der Waals surface area contributed by atoms with Gasteiger partial charge in [0.1, 0.15) is 4.90 Å². The summed E-state index contributed by atoms with van der Waals surface area (Å²) >= 11 is 11.9. The fourth-order valence-corrected chi connectivity index (χ4v) is 4.27. The molecule has 2 rings (SSSR count). The molecular weight excluding hydrogens is 329 g/mol. The highest BCUT2D eigenvalue weighted by molar-refractivity contribution is 7.93. The average Bonchev–Trinajstić information content (AvgIpc) is 2.40. The number of hydrogen-bond acceptors (Lipinski definition) is 2. The first-order chi connectivity index (χ1) is 9.85. The molecule has 0 aliphatic carbocycles. The minimum Gasteiger partial charge on any atom is -0.279 e. The maximum Gasteiger partial charge on any atom is 0.264 e. The molecule has 0 atom stereocenters. The van der Waals surface area contributed by atoms with Crippen LogP contribution in [0.3, 0.4) is 0 Å². The van der Waals surface area contributed by atoms with E-state index in [-0.39, 0.29) is 14.9 Å². The van der Waals surface area contributed by atoms with Crippen LogP contribution in [0.15, 0.2) is 41.3 Å². The molecule has 6 heteroatoms. The number of hydrogen-bond donors (Lipinski definition) is 1. The molecule has 112 valence electrons. The van der Waals surface area contributed by atoms with Crippen LogP contribution in [0.2, 0.25) is 10.0 Å². The van der Waals surface area contributed by atoms with Crippen LogP contribution in [-0.4, -0.2) is 8.42 Å². The normalized spacial score (nSPS) is 11.4. The number of sulfonamides is 1. The van der Waals surface area contributed by atoms with Gasteiger partial charge in [-0.1, -0.05) is 48.3 Å². The molecule has 0 saturated carbocycles. The fourth-order valence-electron chi connectivity index (χ4n) is 2.00. The molecule has 1 N–H and O–H groups in total. The van der Waals surface area contributed by atoms with Crippen LogP contribution in [0.5, 0.6) is 0 Å². The first-order valence-corrected chi connectivity index (χ1v) is 8.65. The summed E-state index contributed by atoms with van der Waals surface area (Å²) < 4.78 is 27.5. The molecular formula is C15H15Cl2NO2S. The van der Waals surface area contributed by atoms with Crippen molar-refractivity contribution in [2.75, 3.05) is 4.72 Å². The van der Waals surface area contributed by atoms with E-state index in [1.807, 2.05) is 26.0 Å². The van der Waals surface area contributed by atoms with Crippen molar-refractivity contribution in [3.05, 3.63) is 57.6 Å². The molecule has 0 unspecified atom stereocenters. The zero-order valence-corrected chi connectivity index (χ0v) is 14.0. The van der Waals surface area contributed by atoms with E-state index in [9.17, 15) is 8.42 Å². The number of benzene rings is 2. The lowest BCUT2D eigenvalue weighted by Crippen LogP contribution is -2.15. The topological polar surface area (TPSA) is 46.2 Å². The molecule has 0 aliphatic heterocycles. The average molecular weight is 344 g/mol. The zero-order valence-electron chi connectivity index (χ0n) is 11.7. The fraction of sp³-hybridized carbons (Fsp3) is 0.200. The Balaban J connectivity index is 2.43. The van der Waals surface area contributed by atoms with Crippen molar-refractivity contribution >= 4 is 38.9 Å². The number of rotatable bonds is 4. The molecule has 0 fully saturated rings. The van der Waals surface area contributed by atoms with Gasteiger partial charge in [0.05, 0.1) is 15.7 Å². The Kier molecular flexibility index (Phi) is 4.81. The van der Waals surface area contributed by atoms with Crippen LogP contribution in [-0.2, 0) is 16.4 Å². The maximum absolute atomic E-state index is 12.5. The Morgan fingerprint density at radius 3 is 2.24 bits per heavy atom. The molecule has 0 bridgehead atoms. The van der Waals surface area contributed by atoms with Crippen molar-refractivity contribution in [3.8, 4) is 0 Å². The lowest BCUT2D eigenvalue weighted by Gasteiger charge is -2.13. The van der Waals surface area contributed by atoms with Crippen LogP contribution in [0, 0.1) is 6.92 Å². The molecule has 0 aromatic heterocycles. The van der Waals surface area contributed by atoms with E-state index < -0.39 is 10.0 Å². The number of aryl methyl sites for hydroxylation is 2. The second-order valence-electron chi connectivity index (χ2n) is 4.66. The van der Waals surface area contributed by atoms with Gasteiger partial charge in [-0.05, 0) is 42.7 Å². The van der Waals surface area contributed by atoms with Gasteiger partial charge in [-0.25, -0.2) is 8.42 Å². The predicted molar refractivity (Wildman–Crippen MR) is 87.8 cm³/mol. The van der Waals surface area contributed by atoms with Crippen molar-refractivity contribution in [2.24, 2.45) is 0 Å². The maximum atomic E-state index is 12.5. The van der Waals surface area contributed by atoms with Gasteiger partial charge in [0.2, 0.25) is 0 Å². The van der Waals surface area contributed by atoms with Gasteiger partial charge in [0, 0.05) is 0 Å². The van der Waals surface area contributed by atoms with Gasteiger partial charge in [-0.3, -0.25) is 4.72 Å². The summed E-state index contributed by atoms with van der Waals surface area (Å²) in [4.78, 5) is -0.104. The number of halogens is 2. The summed E-state index contributed by atoms with van der Waals surface area (Å²) in [6.45, 7) is 3.90. The van der Waals surface area contributed by atoms with Gasteiger partial charge in [-0.15, -0.1) is 0 Å². The highest BCUT2D eigenvalue weighted by atomic mass is 35.5. The molecule has 3 nitrogen and oxygen atoms in total. The van der Waals surface area contributed by atoms with E-state index in [0.29, 0.717) is 5.69 Å². The molecule has 0 aliphatic rings. The Labute approximate surface area is 135 Å². The van der Waals surface area contributed by atoms with Crippen LogP contribution < -0.4 is 4.72 Å². The molecule has 2 aromatic rings. The van der Waals surface area contributed by atoms with E-state index in [0.717, 1.165) is 17.5 Å². The number of nitrogens with one attached hydrogen (secondary N) is 1. The highest BCUT2D eigenvalue weighted by Gasteiger charge is 2.22. The lowest BCUT2D eigenvalue weighted by molar-refractivity contribution is 0.601. The van der Waals surface area contributed by atoms with Crippen molar-refractivity contribution in [2.45, 2.75) is 25.2 Å². The molecule has 0 radical (unpaired) electrons. The third-order valence-electron chi connectivity index (χ3n) is 3.13. The summed E-state index contributed by atoms with van der Waals surface area (Å²) in [5, 5.41) is 0.190. The van der Waals surface area contributed by atoms with E-state index >= 15 is 0 Å². The highest BCUT2D eigenvalue weighted by Crippen LogP contribution is 2.31. The van der Waals surface area contributed by atoms with Crippen LogP contribution >= 0.6 is 23.2 Å². The van der Waals surface area contributed by atoms with Crippen LogP contribution in [0.25, 0.3) is 0 Å². The summed E-state index contributed by atoms with van der Waals surface area (Å²) in [7, 11) is -3.83. The van der Waals surface area contributed by atoms with Crippen molar-refractivity contribution in [1.82, 2.24) is 0 Å². The zero-order chi connectivity index (χ0) is 15.6. The van der Waals surface area contributed by atoms with Crippen LogP contribution in [0.4, 0.5) is 5.69 Å². The minimum atomic E-state index is -3.83. The first kappa shape index (κ1) is 16.1. The van der Waals surface area contributed by atoms with Crippen molar-refractivity contribution in [3.63, 3.8) is 0 Å². The number of anilines is 1. The Hall–Kier alpha value is -1.23. The molecule has 0 amide bonds. The standard InChI is InChI=1S/C15H15Cl2NO2S/c1-3-11-7-8-14(10(2)9-11)18-21(19,20)15-12(16)5-4-6-13(15)17/h4-9,18H,3H2,1-2H3. The van der Waals surface area contributed by atoms with E-state index in [4.69, 9.17) is 23.2 Å². The van der Waals surface area contributed by atoms with Crippen LogP contribution in [0.1, 0.15) is 18.1 Å². The molecule has 21 heavy (non-hydrogen) atoms. The molecule has 0 spiro atoms. The first-order valence-electron chi connectivity index (χ1n) is 6.41. The molecule has 0 heterocycles. The predicted octanol–water partition coefficient (Wildman–Crippen LogP) is 4.67. The van der Waals surface area contributed by atoms with Gasteiger partial charge in [-0.2, -0.15) is 0 Å². The van der Waals surface area contributed by atoms with Gasteiger partial charge >= 0.3 is 0 Å². The third kappa shape index (κ3) is 3.51. The Morgan fingerprint density at radius 2 is 1.71 bits per heavy atom. The van der Waals surface area contributed by atoms with E-state index in [1.165, 1.54) is 12.1 Å². The summed E-state index contributed by atoms with van der Waals surface area (Å²) in [5.41, 5.74) is 2.51. The minimum absolute atomic E-state index is 0.0952. The molecule has 0 saturated heterocycles. The monoisotopic (exact) mass is 343 g/mol. The lowest BCUT2D eigenvalue weighted by atomic mass is 10.1.